The lowest BCUT2D eigenvalue weighted by molar-refractivity contribution is 0.199. The smallest absolute Gasteiger partial charge is 0.154 e. The number of anilines is 1. The van der Waals surface area contributed by atoms with Crippen LogP contribution in [0.1, 0.15) is 0 Å². The molecule has 17 heavy (non-hydrogen) atoms. The minimum atomic E-state index is -0.0602. The highest BCUT2D eigenvalue weighted by Gasteiger charge is 2.12. The number of hydrogen-bond donors (Lipinski definition) is 0. The molecule has 0 radical (unpaired) electrons. The molecular weight excluding hydrogens is 240 g/mol. The summed E-state index contributed by atoms with van der Waals surface area (Å²) < 4.78 is 6.81. The summed E-state index contributed by atoms with van der Waals surface area (Å²) in [5, 5.41) is 4.11. The molecule has 0 saturated carbocycles. The minimum absolute atomic E-state index is 0.0602. The summed E-state index contributed by atoms with van der Waals surface area (Å²) in [5.41, 5.74) is 0.969. The van der Waals surface area contributed by atoms with Crippen LogP contribution in [0.3, 0.4) is 0 Å². The highest BCUT2D eigenvalue weighted by Crippen LogP contribution is 2.17. The number of nitrogens with zero attached hydrogens (tertiary/aromatic N) is 4. The largest absolute Gasteiger partial charge is 0.383 e. The molecule has 0 aliphatic carbocycles. The van der Waals surface area contributed by atoms with E-state index in [1.165, 1.54) is 0 Å². The van der Waals surface area contributed by atoms with Gasteiger partial charge in [0.2, 0.25) is 0 Å². The number of halogens is 1. The van der Waals surface area contributed by atoms with Crippen molar-refractivity contribution in [1.82, 2.24) is 14.6 Å². The first-order valence-electron chi connectivity index (χ1n) is 5.35. The van der Waals surface area contributed by atoms with Crippen LogP contribution in [0.2, 0.25) is 0 Å². The Morgan fingerprint density at radius 2 is 2.35 bits per heavy atom. The molecule has 2 aromatic heterocycles. The lowest BCUT2D eigenvalue weighted by atomic mass is 10.3. The van der Waals surface area contributed by atoms with Crippen molar-refractivity contribution in [2.24, 2.45) is 0 Å². The molecule has 0 aliphatic rings. The van der Waals surface area contributed by atoms with E-state index in [1.54, 1.807) is 24.0 Å². The van der Waals surface area contributed by atoms with E-state index >= 15 is 0 Å². The third-order valence-corrected chi connectivity index (χ3v) is 2.75. The van der Waals surface area contributed by atoms with Gasteiger partial charge >= 0.3 is 0 Å². The second-order valence-corrected chi connectivity index (χ2v) is 4.46. The van der Waals surface area contributed by atoms with Crippen LogP contribution < -0.4 is 4.90 Å². The van der Waals surface area contributed by atoms with Gasteiger partial charge in [0.1, 0.15) is 5.52 Å². The number of fused-ring (bicyclic) bond motifs is 1. The van der Waals surface area contributed by atoms with E-state index in [-0.39, 0.29) is 5.38 Å². The molecule has 5 nitrogen and oxygen atoms in total. The molecule has 2 aromatic rings. The fraction of sp³-hybridized carbons (Fsp3) is 0.455. The van der Waals surface area contributed by atoms with Crippen molar-refractivity contribution in [3.8, 4) is 0 Å². The molecule has 0 bridgehead atoms. The van der Waals surface area contributed by atoms with Gasteiger partial charge in [0.15, 0.2) is 5.82 Å². The minimum Gasteiger partial charge on any atom is -0.383 e. The predicted molar refractivity (Wildman–Crippen MR) is 67.8 cm³/mol. The average Bonchev–Trinajstić information content (AvgIpc) is 2.76. The monoisotopic (exact) mass is 254 g/mol. The number of ether oxygens (including phenoxy) is 1. The molecule has 2 rings (SSSR count). The first-order chi connectivity index (χ1) is 8.22. The molecule has 2 heterocycles. The van der Waals surface area contributed by atoms with Crippen LogP contribution in [0.5, 0.6) is 0 Å². The summed E-state index contributed by atoms with van der Waals surface area (Å²) in [6, 6.07) is 1.93. The SMILES string of the molecule is COCC(Cl)CN(C)c1nccn2nccc12. The zero-order valence-electron chi connectivity index (χ0n) is 9.88. The van der Waals surface area contributed by atoms with Crippen molar-refractivity contribution < 1.29 is 4.74 Å². The van der Waals surface area contributed by atoms with Gasteiger partial charge < -0.3 is 9.64 Å². The van der Waals surface area contributed by atoms with Crippen molar-refractivity contribution in [3.05, 3.63) is 24.7 Å². The third kappa shape index (κ3) is 2.68. The summed E-state index contributed by atoms with van der Waals surface area (Å²) >= 11 is 6.13. The van der Waals surface area contributed by atoms with Crippen LogP contribution in [0, 0.1) is 0 Å². The Hall–Kier alpha value is -1.33. The van der Waals surface area contributed by atoms with Crippen LogP contribution >= 0.6 is 11.6 Å². The highest BCUT2D eigenvalue weighted by atomic mass is 35.5. The van der Waals surface area contributed by atoms with E-state index in [0.29, 0.717) is 13.2 Å². The Morgan fingerprint density at radius 3 is 3.12 bits per heavy atom. The molecule has 92 valence electrons. The summed E-state index contributed by atoms with van der Waals surface area (Å²) in [5.74, 6) is 0.867. The van der Waals surface area contributed by atoms with Gasteiger partial charge in [-0.1, -0.05) is 0 Å². The molecule has 0 amide bonds. The number of methoxy groups -OCH3 is 1. The van der Waals surface area contributed by atoms with Gasteiger partial charge in [0.05, 0.1) is 18.2 Å². The number of aromatic nitrogens is 3. The molecule has 0 fully saturated rings. The maximum Gasteiger partial charge on any atom is 0.154 e. The fourth-order valence-corrected chi connectivity index (χ4v) is 2.09. The van der Waals surface area contributed by atoms with E-state index in [1.807, 2.05) is 24.2 Å². The second kappa shape index (κ2) is 5.33. The Bertz CT molecular complexity index is 487. The Balaban J connectivity index is 2.18. The zero-order valence-corrected chi connectivity index (χ0v) is 10.6. The van der Waals surface area contributed by atoms with Gasteiger partial charge in [0, 0.05) is 33.1 Å². The molecule has 6 heteroatoms. The Morgan fingerprint density at radius 1 is 1.53 bits per heavy atom. The summed E-state index contributed by atoms with van der Waals surface area (Å²) in [6.45, 7) is 1.20. The molecule has 1 unspecified atom stereocenters. The van der Waals surface area contributed by atoms with Crippen molar-refractivity contribution in [2.45, 2.75) is 5.38 Å². The van der Waals surface area contributed by atoms with Gasteiger partial charge in [-0.05, 0) is 6.07 Å². The van der Waals surface area contributed by atoms with Crippen LogP contribution in [-0.2, 0) is 4.74 Å². The summed E-state index contributed by atoms with van der Waals surface area (Å²) in [4.78, 5) is 6.37. The maximum atomic E-state index is 6.13. The Labute approximate surface area is 105 Å². The number of rotatable bonds is 5. The Kier molecular flexibility index (Phi) is 3.81. The normalized spacial score (nSPS) is 12.9. The van der Waals surface area contributed by atoms with Crippen LogP contribution in [0.4, 0.5) is 5.82 Å². The lowest BCUT2D eigenvalue weighted by Crippen LogP contribution is -2.29. The van der Waals surface area contributed by atoms with Crippen molar-refractivity contribution in [3.63, 3.8) is 0 Å². The zero-order chi connectivity index (χ0) is 12.3. The van der Waals surface area contributed by atoms with Gasteiger partial charge in [-0.25, -0.2) is 9.50 Å². The highest BCUT2D eigenvalue weighted by molar-refractivity contribution is 6.21. The lowest BCUT2D eigenvalue weighted by Gasteiger charge is -2.21. The molecule has 0 spiro atoms. The van der Waals surface area contributed by atoms with Gasteiger partial charge in [-0.2, -0.15) is 5.10 Å². The van der Waals surface area contributed by atoms with Crippen molar-refractivity contribution in [1.29, 1.82) is 0 Å². The van der Waals surface area contributed by atoms with Crippen molar-refractivity contribution >= 4 is 22.9 Å². The van der Waals surface area contributed by atoms with E-state index in [2.05, 4.69) is 10.1 Å². The average molecular weight is 255 g/mol. The molecule has 0 aliphatic heterocycles. The predicted octanol–water partition coefficient (Wildman–Crippen LogP) is 1.42. The molecule has 1 atom stereocenters. The molecular formula is C11H15ClN4O. The second-order valence-electron chi connectivity index (χ2n) is 3.85. The van der Waals surface area contributed by atoms with E-state index in [9.17, 15) is 0 Å². The first kappa shape index (κ1) is 12.1. The first-order valence-corrected chi connectivity index (χ1v) is 5.78. The quantitative estimate of drug-likeness (QED) is 0.757. The number of alkyl halides is 1. The maximum absolute atomic E-state index is 6.13. The summed E-state index contributed by atoms with van der Waals surface area (Å²) in [7, 11) is 3.60. The van der Waals surface area contributed by atoms with Gasteiger partial charge in [0.25, 0.3) is 0 Å². The van der Waals surface area contributed by atoms with Crippen LogP contribution in [-0.4, -0.2) is 47.3 Å². The van der Waals surface area contributed by atoms with Crippen molar-refractivity contribution in [2.75, 3.05) is 32.2 Å². The van der Waals surface area contributed by atoms with Gasteiger partial charge in [-0.3, -0.25) is 0 Å². The third-order valence-electron chi connectivity index (χ3n) is 2.49. The molecule has 0 N–H and O–H groups in total. The molecule has 0 saturated heterocycles. The topological polar surface area (TPSA) is 42.7 Å². The summed E-state index contributed by atoms with van der Waals surface area (Å²) in [6.07, 6.45) is 5.30. The van der Waals surface area contributed by atoms with E-state index in [0.717, 1.165) is 11.3 Å². The van der Waals surface area contributed by atoms with Crippen LogP contribution in [0.25, 0.3) is 5.52 Å². The van der Waals surface area contributed by atoms with Crippen LogP contribution in [0.15, 0.2) is 24.7 Å². The van der Waals surface area contributed by atoms with E-state index in [4.69, 9.17) is 16.3 Å². The fourth-order valence-electron chi connectivity index (χ4n) is 1.75. The standard InChI is InChI=1S/C11H15ClN4O/c1-15(7-9(12)8-17-2)11-10-3-4-14-16(10)6-5-13-11/h3-6,9H,7-8H2,1-2H3. The molecule has 0 aromatic carbocycles. The van der Waals surface area contributed by atoms with E-state index < -0.39 is 0 Å². The van der Waals surface area contributed by atoms with Gasteiger partial charge in [-0.15, -0.1) is 11.6 Å². The number of hydrogen-bond acceptors (Lipinski definition) is 4.